The third-order valence-electron chi connectivity index (χ3n) is 2.39. The fourth-order valence-corrected chi connectivity index (χ4v) is 1.65. The second-order valence-electron chi connectivity index (χ2n) is 3.71. The van der Waals surface area contributed by atoms with Crippen LogP contribution in [-0.2, 0) is 11.3 Å². The second-order valence-corrected chi connectivity index (χ2v) is 3.71. The van der Waals surface area contributed by atoms with Crippen molar-refractivity contribution < 1.29 is 9.26 Å². The largest absolute Gasteiger partial charge is 0.369 e. The highest BCUT2D eigenvalue weighted by Gasteiger charge is 2.13. The van der Waals surface area contributed by atoms with E-state index >= 15 is 0 Å². The molecule has 0 amide bonds. The summed E-state index contributed by atoms with van der Waals surface area (Å²) in [6.45, 7) is 4.51. The fraction of sp³-hybridized carbons (Fsp3) is 0.700. The third kappa shape index (κ3) is 2.56. The number of ether oxygens (including phenoxy) is 1. The minimum atomic E-state index is 0.328. The molecule has 4 nitrogen and oxygen atoms in total. The predicted octanol–water partition coefficient (Wildman–Crippen LogP) is 1.25. The molecule has 0 aliphatic carbocycles. The van der Waals surface area contributed by atoms with Crippen molar-refractivity contribution in [3.8, 4) is 0 Å². The lowest BCUT2D eigenvalue weighted by molar-refractivity contribution is 0.0146. The molecular weight excluding hydrogens is 180 g/mol. The Morgan fingerprint density at radius 3 is 3.29 bits per heavy atom. The second kappa shape index (κ2) is 4.57. The number of nitrogens with one attached hydrogen (secondary N) is 1. The molecule has 1 N–H and O–H groups in total. The molecule has 2 heterocycles. The van der Waals surface area contributed by atoms with E-state index in [0.29, 0.717) is 12.7 Å². The van der Waals surface area contributed by atoms with Crippen LogP contribution >= 0.6 is 0 Å². The van der Waals surface area contributed by atoms with Crippen LogP contribution in [0.3, 0.4) is 0 Å². The normalized spacial score (nSPS) is 22.5. The topological polar surface area (TPSA) is 47.3 Å². The zero-order chi connectivity index (χ0) is 9.80. The van der Waals surface area contributed by atoms with E-state index in [0.717, 1.165) is 31.0 Å². The minimum absolute atomic E-state index is 0.328. The Labute approximate surface area is 83.6 Å². The average Bonchev–Trinajstić information content (AvgIpc) is 2.63. The van der Waals surface area contributed by atoms with Crippen molar-refractivity contribution >= 4 is 0 Å². The standard InChI is InChI=1S/C10H16N2O2/c1-8-5-10(14-12-8)7-13-9-3-2-4-11-6-9/h5,9,11H,2-4,6-7H2,1H3. The van der Waals surface area contributed by atoms with Gasteiger partial charge in [-0.1, -0.05) is 5.16 Å². The van der Waals surface area contributed by atoms with Crippen molar-refractivity contribution in [2.75, 3.05) is 13.1 Å². The smallest absolute Gasteiger partial charge is 0.162 e. The van der Waals surface area contributed by atoms with Gasteiger partial charge >= 0.3 is 0 Å². The van der Waals surface area contributed by atoms with E-state index < -0.39 is 0 Å². The van der Waals surface area contributed by atoms with Crippen molar-refractivity contribution in [3.63, 3.8) is 0 Å². The van der Waals surface area contributed by atoms with Gasteiger partial charge in [0.1, 0.15) is 6.61 Å². The Morgan fingerprint density at radius 1 is 1.71 bits per heavy atom. The SMILES string of the molecule is Cc1cc(COC2CCCNC2)on1. The van der Waals surface area contributed by atoms with E-state index in [9.17, 15) is 0 Å². The molecule has 78 valence electrons. The lowest BCUT2D eigenvalue weighted by Gasteiger charge is -2.22. The Balaban J connectivity index is 1.76. The average molecular weight is 196 g/mol. The molecule has 0 saturated carbocycles. The molecule has 0 radical (unpaired) electrons. The van der Waals surface area contributed by atoms with Gasteiger partial charge in [-0.05, 0) is 26.3 Å². The van der Waals surface area contributed by atoms with Gasteiger partial charge in [0.05, 0.1) is 11.8 Å². The summed E-state index contributed by atoms with van der Waals surface area (Å²) in [5.41, 5.74) is 0.908. The highest BCUT2D eigenvalue weighted by atomic mass is 16.5. The molecule has 0 bridgehead atoms. The van der Waals surface area contributed by atoms with Gasteiger partial charge in [-0.25, -0.2) is 0 Å². The first-order valence-electron chi connectivity index (χ1n) is 5.09. The fourth-order valence-electron chi connectivity index (χ4n) is 1.65. The molecule has 1 aliphatic rings. The number of hydrogen-bond acceptors (Lipinski definition) is 4. The molecule has 1 atom stereocenters. The number of piperidine rings is 1. The summed E-state index contributed by atoms with van der Waals surface area (Å²) in [5.74, 6) is 0.813. The molecule has 1 aliphatic heterocycles. The van der Waals surface area contributed by atoms with E-state index in [1.807, 2.05) is 13.0 Å². The quantitative estimate of drug-likeness (QED) is 0.790. The maximum atomic E-state index is 5.69. The molecule has 1 unspecified atom stereocenters. The molecule has 1 fully saturated rings. The van der Waals surface area contributed by atoms with E-state index in [1.54, 1.807) is 0 Å². The molecule has 1 saturated heterocycles. The van der Waals surface area contributed by atoms with Gasteiger partial charge in [-0.15, -0.1) is 0 Å². The van der Waals surface area contributed by atoms with Gasteiger partial charge < -0.3 is 14.6 Å². The Bertz CT molecular complexity index is 279. The first-order valence-corrected chi connectivity index (χ1v) is 5.09. The Hall–Kier alpha value is -0.870. The van der Waals surface area contributed by atoms with Crippen molar-refractivity contribution in [1.82, 2.24) is 10.5 Å². The van der Waals surface area contributed by atoms with E-state index in [-0.39, 0.29) is 0 Å². The minimum Gasteiger partial charge on any atom is -0.369 e. The van der Waals surface area contributed by atoms with Crippen LogP contribution in [0.5, 0.6) is 0 Å². The van der Waals surface area contributed by atoms with Gasteiger partial charge in [0.2, 0.25) is 0 Å². The zero-order valence-corrected chi connectivity index (χ0v) is 8.45. The molecule has 2 rings (SSSR count). The van der Waals surface area contributed by atoms with Crippen molar-refractivity contribution in [3.05, 3.63) is 17.5 Å². The first-order chi connectivity index (χ1) is 6.84. The number of hydrogen-bond donors (Lipinski definition) is 1. The van der Waals surface area contributed by atoms with Crippen LogP contribution in [0, 0.1) is 6.92 Å². The molecule has 14 heavy (non-hydrogen) atoms. The van der Waals surface area contributed by atoms with Crippen LogP contribution in [0.4, 0.5) is 0 Å². The summed E-state index contributed by atoms with van der Waals surface area (Å²) in [6.07, 6.45) is 2.66. The van der Waals surface area contributed by atoms with Crippen LogP contribution < -0.4 is 5.32 Å². The molecule has 0 spiro atoms. The van der Waals surface area contributed by atoms with Gasteiger partial charge in [0.25, 0.3) is 0 Å². The monoisotopic (exact) mass is 196 g/mol. The number of aryl methyl sites for hydroxylation is 1. The number of aromatic nitrogens is 1. The van der Waals surface area contributed by atoms with Gasteiger partial charge in [0, 0.05) is 12.6 Å². The highest BCUT2D eigenvalue weighted by Crippen LogP contribution is 2.10. The number of rotatable bonds is 3. The first kappa shape index (κ1) is 9.68. The van der Waals surface area contributed by atoms with E-state index in [4.69, 9.17) is 9.26 Å². The van der Waals surface area contributed by atoms with Crippen LogP contribution in [0.2, 0.25) is 0 Å². The summed E-state index contributed by atoms with van der Waals surface area (Å²) in [4.78, 5) is 0. The predicted molar refractivity (Wildman–Crippen MR) is 51.9 cm³/mol. The van der Waals surface area contributed by atoms with Crippen molar-refractivity contribution in [2.24, 2.45) is 0 Å². The summed E-state index contributed by atoms with van der Waals surface area (Å²) in [6, 6.07) is 1.91. The van der Waals surface area contributed by atoms with E-state index in [1.165, 1.54) is 6.42 Å². The molecule has 0 aromatic carbocycles. The lowest BCUT2D eigenvalue weighted by atomic mass is 10.1. The number of nitrogens with zero attached hydrogens (tertiary/aromatic N) is 1. The Kier molecular flexibility index (Phi) is 3.16. The summed E-state index contributed by atoms with van der Waals surface area (Å²) in [5, 5.41) is 7.11. The highest BCUT2D eigenvalue weighted by molar-refractivity contribution is 5.01. The zero-order valence-electron chi connectivity index (χ0n) is 8.45. The van der Waals surface area contributed by atoms with Gasteiger partial charge in [0.15, 0.2) is 5.76 Å². The van der Waals surface area contributed by atoms with E-state index in [2.05, 4.69) is 10.5 Å². The maximum absolute atomic E-state index is 5.69. The Morgan fingerprint density at radius 2 is 2.64 bits per heavy atom. The van der Waals surface area contributed by atoms with Gasteiger partial charge in [-0.2, -0.15) is 0 Å². The van der Waals surface area contributed by atoms with Crippen LogP contribution in [0.1, 0.15) is 24.3 Å². The summed E-state index contributed by atoms with van der Waals surface area (Å²) in [7, 11) is 0. The summed E-state index contributed by atoms with van der Waals surface area (Å²) >= 11 is 0. The van der Waals surface area contributed by atoms with Crippen LogP contribution in [0.15, 0.2) is 10.6 Å². The summed E-state index contributed by atoms with van der Waals surface area (Å²) < 4.78 is 10.7. The molecule has 4 heteroatoms. The van der Waals surface area contributed by atoms with Crippen LogP contribution in [-0.4, -0.2) is 24.4 Å². The third-order valence-corrected chi connectivity index (χ3v) is 2.39. The van der Waals surface area contributed by atoms with Crippen molar-refractivity contribution in [2.45, 2.75) is 32.5 Å². The molecule has 1 aromatic heterocycles. The van der Waals surface area contributed by atoms with Crippen molar-refractivity contribution in [1.29, 1.82) is 0 Å². The molecule has 1 aromatic rings. The maximum Gasteiger partial charge on any atom is 0.162 e. The molecular formula is C10H16N2O2. The van der Waals surface area contributed by atoms with Gasteiger partial charge in [-0.3, -0.25) is 0 Å². The lowest BCUT2D eigenvalue weighted by Crippen LogP contribution is -2.35. The van der Waals surface area contributed by atoms with Crippen LogP contribution in [0.25, 0.3) is 0 Å².